The molecule has 0 aliphatic carbocycles. The van der Waals surface area contributed by atoms with Gasteiger partial charge in [0.1, 0.15) is 24.2 Å². The van der Waals surface area contributed by atoms with Gasteiger partial charge in [0.25, 0.3) is 5.91 Å². The van der Waals surface area contributed by atoms with Crippen LogP contribution in [0.15, 0.2) is 30.3 Å². The summed E-state index contributed by atoms with van der Waals surface area (Å²) in [6.45, 7) is 5.15. The van der Waals surface area contributed by atoms with Gasteiger partial charge in [-0.15, -0.1) is 0 Å². The highest BCUT2D eigenvalue weighted by Crippen LogP contribution is 2.29. The van der Waals surface area contributed by atoms with Gasteiger partial charge in [0.2, 0.25) is 17.7 Å². The molecule has 0 bridgehead atoms. The zero-order valence-corrected chi connectivity index (χ0v) is 21.7. The molecule has 1 aromatic rings. The summed E-state index contributed by atoms with van der Waals surface area (Å²) in [5.74, 6) is -2.18. The Morgan fingerprint density at radius 3 is 1.97 bits per heavy atom. The summed E-state index contributed by atoms with van der Waals surface area (Å²) in [5.41, 5.74) is 12.5. The van der Waals surface area contributed by atoms with Gasteiger partial charge in [-0.05, 0) is 52.0 Å². The standard InChI is InChI=1S/C26H39N5O6/c1-15(18-9-5-4-6-10-18)31(26(37)22(28)17(3)33)24(35)20-12-8-13-29(20)23(34)19-11-7-14-30(19)25(36)21(27)16(2)32/h4-6,9-10,15-17,19-22,32-33H,7-8,11-14,27-28H2,1-3H3. The second-order valence-electron chi connectivity index (χ2n) is 10.0. The van der Waals surface area contributed by atoms with Gasteiger partial charge in [0.05, 0.1) is 18.2 Å². The van der Waals surface area contributed by atoms with Crippen LogP contribution in [0.5, 0.6) is 0 Å². The van der Waals surface area contributed by atoms with Gasteiger partial charge in [-0.3, -0.25) is 24.1 Å². The molecule has 0 aromatic heterocycles. The Morgan fingerprint density at radius 2 is 1.41 bits per heavy atom. The van der Waals surface area contributed by atoms with Gasteiger partial charge in [-0.1, -0.05) is 30.3 Å². The molecule has 1 aromatic carbocycles. The number of amides is 4. The first-order valence-corrected chi connectivity index (χ1v) is 12.9. The Balaban J connectivity index is 1.88. The van der Waals surface area contributed by atoms with Gasteiger partial charge in [0.15, 0.2) is 0 Å². The topological polar surface area (TPSA) is 170 Å². The summed E-state index contributed by atoms with van der Waals surface area (Å²) in [5, 5.41) is 19.7. The monoisotopic (exact) mass is 517 g/mol. The molecule has 2 fully saturated rings. The molecule has 2 heterocycles. The van der Waals surface area contributed by atoms with E-state index in [0.717, 1.165) is 4.90 Å². The van der Waals surface area contributed by atoms with Gasteiger partial charge in [-0.2, -0.15) is 0 Å². The molecule has 0 spiro atoms. The number of carbonyl (C=O) groups is 4. The summed E-state index contributed by atoms with van der Waals surface area (Å²) in [4.78, 5) is 57.6. The van der Waals surface area contributed by atoms with Crippen molar-refractivity contribution in [3.8, 4) is 0 Å². The number of hydrogen-bond donors (Lipinski definition) is 4. The van der Waals surface area contributed by atoms with E-state index >= 15 is 0 Å². The number of imide groups is 1. The first-order chi connectivity index (χ1) is 17.5. The van der Waals surface area contributed by atoms with Crippen LogP contribution < -0.4 is 11.5 Å². The van der Waals surface area contributed by atoms with Crippen molar-refractivity contribution in [1.29, 1.82) is 0 Å². The lowest BCUT2D eigenvalue weighted by Crippen LogP contribution is -2.59. The Morgan fingerprint density at radius 1 is 0.865 bits per heavy atom. The average Bonchev–Trinajstić information content (AvgIpc) is 3.57. The van der Waals surface area contributed by atoms with E-state index < -0.39 is 60.1 Å². The maximum Gasteiger partial charge on any atom is 0.252 e. The number of nitrogens with two attached hydrogens (primary N) is 2. The molecular formula is C26H39N5O6. The van der Waals surface area contributed by atoms with E-state index in [4.69, 9.17) is 11.5 Å². The van der Waals surface area contributed by atoms with E-state index in [9.17, 15) is 29.4 Å². The summed E-state index contributed by atoms with van der Waals surface area (Å²) >= 11 is 0. The Labute approximate surface area is 217 Å². The summed E-state index contributed by atoms with van der Waals surface area (Å²) in [6.07, 6.45) is -0.316. The number of nitrogens with zero attached hydrogens (tertiary/aromatic N) is 3. The van der Waals surface area contributed by atoms with E-state index in [-0.39, 0.29) is 5.91 Å². The molecule has 37 heavy (non-hydrogen) atoms. The van der Waals surface area contributed by atoms with Crippen LogP contribution in [0.1, 0.15) is 58.1 Å². The normalized spacial score (nSPS) is 23.8. The Hall–Kier alpha value is -2.86. The quantitative estimate of drug-likeness (QED) is 0.357. The molecule has 2 aliphatic heterocycles. The molecule has 3 rings (SSSR count). The van der Waals surface area contributed by atoms with Gasteiger partial charge in [0, 0.05) is 13.1 Å². The molecule has 11 heteroatoms. The third kappa shape index (κ3) is 6.01. The fourth-order valence-electron chi connectivity index (χ4n) is 5.06. The van der Waals surface area contributed by atoms with Crippen LogP contribution in [0.2, 0.25) is 0 Å². The predicted octanol–water partition coefficient (Wildman–Crippen LogP) is -0.499. The first-order valence-electron chi connectivity index (χ1n) is 12.9. The van der Waals surface area contributed by atoms with E-state index in [1.807, 2.05) is 6.07 Å². The lowest BCUT2D eigenvalue weighted by molar-refractivity contribution is -0.156. The summed E-state index contributed by atoms with van der Waals surface area (Å²) in [7, 11) is 0. The molecule has 0 saturated carbocycles. The van der Waals surface area contributed by atoms with Crippen molar-refractivity contribution >= 4 is 23.6 Å². The number of likely N-dealkylation sites (tertiary alicyclic amines) is 2. The van der Waals surface area contributed by atoms with Gasteiger partial charge in [-0.25, -0.2) is 0 Å². The molecule has 7 unspecified atom stereocenters. The first kappa shape index (κ1) is 28.7. The van der Waals surface area contributed by atoms with Crippen LogP contribution in [-0.4, -0.2) is 98.0 Å². The van der Waals surface area contributed by atoms with E-state index in [2.05, 4.69) is 0 Å². The minimum atomic E-state index is -1.31. The molecule has 204 valence electrons. The van der Waals surface area contributed by atoms with Crippen molar-refractivity contribution in [3.05, 3.63) is 35.9 Å². The van der Waals surface area contributed by atoms with Crippen molar-refractivity contribution < 1.29 is 29.4 Å². The van der Waals surface area contributed by atoms with Crippen molar-refractivity contribution in [2.45, 2.75) is 88.9 Å². The average molecular weight is 518 g/mol. The van der Waals surface area contributed by atoms with Crippen molar-refractivity contribution in [2.75, 3.05) is 13.1 Å². The van der Waals surface area contributed by atoms with E-state index in [1.165, 1.54) is 23.6 Å². The molecular weight excluding hydrogens is 478 g/mol. The second-order valence-corrected chi connectivity index (χ2v) is 10.0. The molecule has 2 aliphatic rings. The minimum Gasteiger partial charge on any atom is -0.391 e. The minimum absolute atomic E-state index is 0.306. The number of rotatable bonds is 8. The SMILES string of the molecule is CC(O)C(N)C(=O)N1CCCC1C(=O)N1CCCC1C(=O)N(C(=O)C(N)C(C)O)C(C)c1ccccc1. The fraction of sp³-hybridized carbons (Fsp3) is 0.615. The van der Waals surface area contributed by atoms with Crippen LogP contribution in [0, 0.1) is 0 Å². The highest BCUT2D eigenvalue weighted by molar-refractivity contribution is 6.02. The Kier molecular flexibility index (Phi) is 9.41. The zero-order valence-electron chi connectivity index (χ0n) is 21.7. The molecule has 7 atom stereocenters. The maximum absolute atomic E-state index is 13.9. The van der Waals surface area contributed by atoms with Crippen LogP contribution in [0.4, 0.5) is 0 Å². The molecule has 4 amide bonds. The second kappa shape index (κ2) is 12.1. The summed E-state index contributed by atoms with van der Waals surface area (Å²) in [6, 6.07) is 4.14. The Bertz CT molecular complexity index is 987. The summed E-state index contributed by atoms with van der Waals surface area (Å²) < 4.78 is 0. The number of benzene rings is 1. The smallest absolute Gasteiger partial charge is 0.252 e. The van der Waals surface area contributed by atoms with Gasteiger partial charge >= 0.3 is 0 Å². The van der Waals surface area contributed by atoms with Crippen molar-refractivity contribution in [1.82, 2.24) is 14.7 Å². The van der Waals surface area contributed by atoms with Gasteiger partial charge < -0.3 is 31.5 Å². The van der Waals surface area contributed by atoms with Crippen LogP contribution in [0.3, 0.4) is 0 Å². The molecule has 6 N–H and O–H groups in total. The number of carbonyl (C=O) groups excluding carboxylic acids is 4. The maximum atomic E-state index is 13.9. The highest BCUT2D eigenvalue weighted by atomic mass is 16.3. The zero-order chi connectivity index (χ0) is 27.4. The molecule has 2 saturated heterocycles. The largest absolute Gasteiger partial charge is 0.391 e. The predicted molar refractivity (Wildman–Crippen MR) is 135 cm³/mol. The fourth-order valence-corrected chi connectivity index (χ4v) is 5.06. The number of hydrogen-bond acceptors (Lipinski definition) is 8. The number of aliphatic hydroxyl groups is 2. The van der Waals surface area contributed by atoms with E-state index in [1.54, 1.807) is 31.2 Å². The third-order valence-electron chi connectivity index (χ3n) is 7.40. The van der Waals surface area contributed by atoms with Crippen molar-refractivity contribution in [3.63, 3.8) is 0 Å². The lowest BCUT2D eigenvalue weighted by Gasteiger charge is -2.36. The van der Waals surface area contributed by atoms with Crippen LogP contribution >= 0.6 is 0 Å². The molecule has 0 radical (unpaired) electrons. The molecule has 11 nitrogen and oxygen atoms in total. The van der Waals surface area contributed by atoms with Crippen molar-refractivity contribution in [2.24, 2.45) is 11.5 Å². The highest BCUT2D eigenvalue weighted by Gasteiger charge is 2.46. The van der Waals surface area contributed by atoms with Crippen LogP contribution in [-0.2, 0) is 19.2 Å². The third-order valence-corrected chi connectivity index (χ3v) is 7.40. The number of aliphatic hydroxyl groups excluding tert-OH is 2. The van der Waals surface area contributed by atoms with Crippen LogP contribution in [0.25, 0.3) is 0 Å². The lowest BCUT2D eigenvalue weighted by atomic mass is 10.0. The van der Waals surface area contributed by atoms with E-state index in [0.29, 0.717) is 44.3 Å².